The minimum Gasteiger partial charge on any atom is -0.391 e. The van der Waals surface area contributed by atoms with Crippen LogP contribution in [-0.2, 0) is 16.9 Å². The van der Waals surface area contributed by atoms with Gasteiger partial charge < -0.3 is 4.84 Å². The van der Waals surface area contributed by atoms with Crippen molar-refractivity contribution >= 4 is 17.5 Å². The van der Waals surface area contributed by atoms with Gasteiger partial charge in [-0.2, -0.15) is 11.8 Å². The fourth-order valence-electron chi connectivity index (χ4n) is 2.00. The van der Waals surface area contributed by atoms with Crippen LogP contribution in [0.25, 0.3) is 0 Å². The summed E-state index contributed by atoms with van der Waals surface area (Å²) in [5.41, 5.74) is 3.96. The second-order valence-corrected chi connectivity index (χ2v) is 7.21. The van der Waals surface area contributed by atoms with Crippen molar-refractivity contribution < 1.29 is 4.84 Å². The summed E-state index contributed by atoms with van der Waals surface area (Å²) in [5.74, 6) is 2.37. The van der Waals surface area contributed by atoms with Gasteiger partial charge in [0.2, 0.25) is 0 Å². The SMILES string of the molecule is CC(C)(C)c1ccc(CON=C2CCSCC2)cc1. The molecule has 0 bridgehead atoms. The molecule has 1 saturated heterocycles. The van der Waals surface area contributed by atoms with Crippen molar-refractivity contribution in [2.45, 2.75) is 45.6 Å². The Balaban J connectivity index is 1.86. The first kappa shape index (κ1) is 14.4. The van der Waals surface area contributed by atoms with E-state index in [9.17, 15) is 0 Å². The maximum absolute atomic E-state index is 5.46. The summed E-state index contributed by atoms with van der Waals surface area (Å²) in [7, 11) is 0. The van der Waals surface area contributed by atoms with Crippen molar-refractivity contribution in [2.24, 2.45) is 5.16 Å². The molecule has 0 unspecified atom stereocenters. The van der Waals surface area contributed by atoms with Crippen molar-refractivity contribution in [3.8, 4) is 0 Å². The lowest BCUT2D eigenvalue weighted by Crippen LogP contribution is -2.11. The average molecular weight is 277 g/mol. The van der Waals surface area contributed by atoms with Gasteiger partial charge in [0.1, 0.15) is 6.61 Å². The molecule has 2 nitrogen and oxygen atoms in total. The van der Waals surface area contributed by atoms with Gasteiger partial charge in [-0.15, -0.1) is 0 Å². The number of hydrogen-bond acceptors (Lipinski definition) is 3. The standard InChI is InChI=1S/C16H23NOS/c1-16(2,3)14-6-4-13(5-7-14)12-18-17-15-8-10-19-11-9-15/h4-7H,8-12H2,1-3H3. The van der Waals surface area contributed by atoms with Crippen molar-refractivity contribution in [3.63, 3.8) is 0 Å². The summed E-state index contributed by atoms with van der Waals surface area (Å²) in [6, 6.07) is 8.64. The van der Waals surface area contributed by atoms with Crippen LogP contribution in [0.5, 0.6) is 0 Å². The van der Waals surface area contributed by atoms with E-state index in [0.717, 1.165) is 12.8 Å². The van der Waals surface area contributed by atoms with Gasteiger partial charge in [-0.25, -0.2) is 0 Å². The minimum absolute atomic E-state index is 0.208. The highest BCUT2D eigenvalue weighted by molar-refractivity contribution is 7.99. The fraction of sp³-hybridized carbons (Fsp3) is 0.562. The first-order chi connectivity index (χ1) is 9.05. The molecule has 0 N–H and O–H groups in total. The van der Waals surface area contributed by atoms with Crippen LogP contribution in [0.1, 0.15) is 44.7 Å². The average Bonchev–Trinajstić information content (AvgIpc) is 2.39. The monoisotopic (exact) mass is 277 g/mol. The molecule has 0 saturated carbocycles. The largest absolute Gasteiger partial charge is 0.391 e. The highest BCUT2D eigenvalue weighted by Gasteiger charge is 2.12. The first-order valence-electron chi connectivity index (χ1n) is 6.90. The van der Waals surface area contributed by atoms with E-state index in [1.54, 1.807) is 0 Å². The molecule has 0 atom stereocenters. The molecule has 1 aliphatic rings. The number of hydrogen-bond donors (Lipinski definition) is 0. The number of benzene rings is 1. The zero-order chi connectivity index (χ0) is 13.7. The van der Waals surface area contributed by atoms with Crippen molar-refractivity contribution in [3.05, 3.63) is 35.4 Å². The molecular formula is C16H23NOS. The van der Waals surface area contributed by atoms with Gasteiger partial charge in [0.25, 0.3) is 0 Å². The molecule has 0 aromatic heterocycles. The lowest BCUT2D eigenvalue weighted by Gasteiger charge is -2.19. The summed E-state index contributed by atoms with van der Waals surface area (Å²) >= 11 is 2.00. The van der Waals surface area contributed by atoms with E-state index in [-0.39, 0.29) is 5.41 Å². The third-order valence-electron chi connectivity index (χ3n) is 3.31. The van der Waals surface area contributed by atoms with Crippen molar-refractivity contribution in [1.29, 1.82) is 0 Å². The Morgan fingerprint density at radius 2 is 1.74 bits per heavy atom. The molecule has 0 amide bonds. The number of rotatable bonds is 3. The normalized spacial score (nSPS) is 16.3. The van der Waals surface area contributed by atoms with Gasteiger partial charge in [0.05, 0.1) is 5.71 Å². The third-order valence-corrected chi connectivity index (χ3v) is 4.30. The Hall–Kier alpha value is -0.960. The van der Waals surface area contributed by atoms with Crippen LogP contribution in [-0.4, -0.2) is 17.2 Å². The summed E-state index contributed by atoms with van der Waals surface area (Å²) in [6.07, 6.45) is 2.15. The van der Waals surface area contributed by atoms with E-state index in [4.69, 9.17) is 4.84 Å². The number of oxime groups is 1. The molecule has 3 heteroatoms. The van der Waals surface area contributed by atoms with Crippen LogP contribution in [0.3, 0.4) is 0 Å². The van der Waals surface area contributed by atoms with Gasteiger partial charge in [0, 0.05) is 0 Å². The topological polar surface area (TPSA) is 21.6 Å². The molecule has 0 spiro atoms. The third kappa shape index (κ3) is 4.57. The lowest BCUT2D eigenvalue weighted by molar-refractivity contribution is 0.129. The second kappa shape index (κ2) is 6.47. The van der Waals surface area contributed by atoms with Crippen LogP contribution in [0.15, 0.2) is 29.4 Å². The van der Waals surface area contributed by atoms with Crippen LogP contribution >= 0.6 is 11.8 Å². The molecule has 1 aromatic rings. The van der Waals surface area contributed by atoms with Crippen LogP contribution in [0.4, 0.5) is 0 Å². The predicted octanol–water partition coefficient (Wildman–Crippen LogP) is 4.38. The maximum Gasteiger partial charge on any atom is 0.142 e. The Labute approximate surface area is 120 Å². The van der Waals surface area contributed by atoms with Gasteiger partial charge in [0.15, 0.2) is 0 Å². The summed E-state index contributed by atoms with van der Waals surface area (Å²) in [5, 5.41) is 4.25. The van der Waals surface area contributed by atoms with E-state index in [1.807, 2.05) is 11.8 Å². The lowest BCUT2D eigenvalue weighted by atomic mass is 9.87. The van der Waals surface area contributed by atoms with E-state index < -0.39 is 0 Å². The molecular weight excluding hydrogens is 254 g/mol. The van der Waals surface area contributed by atoms with Gasteiger partial charge >= 0.3 is 0 Å². The van der Waals surface area contributed by atoms with Crippen LogP contribution in [0.2, 0.25) is 0 Å². The maximum atomic E-state index is 5.46. The van der Waals surface area contributed by atoms with E-state index in [0.29, 0.717) is 6.61 Å². The molecule has 1 heterocycles. The van der Waals surface area contributed by atoms with Crippen molar-refractivity contribution in [2.75, 3.05) is 11.5 Å². The molecule has 104 valence electrons. The zero-order valence-electron chi connectivity index (χ0n) is 12.1. The Morgan fingerprint density at radius 3 is 2.32 bits per heavy atom. The van der Waals surface area contributed by atoms with Crippen LogP contribution < -0.4 is 0 Å². The highest BCUT2D eigenvalue weighted by atomic mass is 32.2. The molecule has 1 aromatic carbocycles. The van der Waals surface area contributed by atoms with Gasteiger partial charge in [-0.05, 0) is 40.9 Å². The smallest absolute Gasteiger partial charge is 0.142 e. The highest BCUT2D eigenvalue weighted by Crippen LogP contribution is 2.22. The second-order valence-electron chi connectivity index (χ2n) is 5.99. The summed E-state index contributed by atoms with van der Waals surface area (Å²) in [4.78, 5) is 5.46. The number of nitrogens with zero attached hydrogens (tertiary/aromatic N) is 1. The molecule has 2 rings (SSSR count). The molecule has 19 heavy (non-hydrogen) atoms. The summed E-state index contributed by atoms with van der Waals surface area (Å²) < 4.78 is 0. The Kier molecular flexibility index (Phi) is 4.92. The van der Waals surface area contributed by atoms with Gasteiger partial charge in [-0.1, -0.05) is 50.2 Å². The van der Waals surface area contributed by atoms with Crippen LogP contribution in [0, 0.1) is 0 Å². The van der Waals surface area contributed by atoms with E-state index in [1.165, 1.54) is 28.3 Å². The zero-order valence-corrected chi connectivity index (χ0v) is 12.9. The van der Waals surface area contributed by atoms with E-state index >= 15 is 0 Å². The van der Waals surface area contributed by atoms with E-state index in [2.05, 4.69) is 50.2 Å². The predicted molar refractivity (Wildman–Crippen MR) is 83.9 cm³/mol. The molecule has 0 radical (unpaired) electrons. The molecule has 0 aliphatic carbocycles. The quantitative estimate of drug-likeness (QED) is 0.765. The summed E-state index contributed by atoms with van der Waals surface area (Å²) in [6.45, 7) is 7.25. The van der Waals surface area contributed by atoms with Gasteiger partial charge in [-0.3, -0.25) is 0 Å². The fourth-order valence-corrected chi connectivity index (χ4v) is 2.96. The first-order valence-corrected chi connectivity index (χ1v) is 8.06. The number of thioether (sulfide) groups is 1. The molecule has 1 aliphatic heterocycles. The van der Waals surface area contributed by atoms with Crippen molar-refractivity contribution in [1.82, 2.24) is 0 Å². The Bertz CT molecular complexity index is 423. The minimum atomic E-state index is 0.208. The Morgan fingerprint density at radius 1 is 1.11 bits per heavy atom. The molecule has 1 fully saturated rings.